The number of aromatic nitrogens is 4. The van der Waals surface area contributed by atoms with Crippen molar-refractivity contribution in [1.29, 1.82) is 0 Å². The number of ether oxygens (including phenoxy) is 3. The van der Waals surface area contributed by atoms with E-state index in [0.29, 0.717) is 30.5 Å². The molecule has 0 aliphatic carbocycles. The predicted molar refractivity (Wildman–Crippen MR) is 126 cm³/mol. The first-order chi connectivity index (χ1) is 16.5. The average molecular weight is 467 g/mol. The summed E-state index contributed by atoms with van der Waals surface area (Å²) in [4.78, 5) is 14.9. The average Bonchev–Trinajstić information content (AvgIpc) is 3.28. The lowest BCUT2D eigenvalue weighted by Gasteiger charge is -2.29. The van der Waals surface area contributed by atoms with Crippen LogP contribution in [0.1, 0.15) is 18.3 Å². The Morgan fingerprint density at radius 2 is 1.91 bits per heavy atom. The highest BCUT2D eigenvalue weighted by Gasteiger charge is 2.17. The van der Waals surface area contributed by atoms with Crippen LogP contribution in [0, 0.1) is 6.92 Å². The largest absolute Gasteiger partial charge is 0.412 e. The Morgan fingerprint density at radius 3 is 2.65 bits per heavy atom. The minimum atomic E-state index is -0.512. The minimum absolute atomic E-state index is 0.0711. The normalized spacial score (nSPS) is 15.1. The fourth-order valence-corrected chi connectivity index (χ4v) is 3.86. The van der Waals surface area contributed by atoms with Crippen molar-refractivity contribution < 1.29 is 19.0 Å². The fourth-order valence-electron chi connectivity index (χ4n) is 3.86. The number of morpholine rings is 1. The quantitative estimate of drug-likeness (QED) is 0.540. The van der Waals surface area contributed by atoms with Crippen molar-refractivity contribution in [2.24, 2.45) is 0 Å². The molecule has 1 aliphatic heterocycles. The van der Waals surface area contributed by atoms with E-state index in [9.17, 15) is 4.79 Å². The molecule has 1 atom stereocenters. The number of hydrogen-bond donors (Lipinski definition) is 1. The Balaban J connectivity index is 1.55. The van der Waals surface area contributed by atoms with Gasteiger partial charge in [-0.05, 0) is 47.5 Å². The molecule has 0 saturated carbocycles. The van der Waals surface area contributed by atoms with Crippen LogP contribution in [-0.2, 0) is 16.1 Å². The fraction of sp³-hybridized carbons (Fsp3) is 0.417. The summed E-state index contributed by atoms with van der Waals surface area (Å²) in [5.74, 6) is 0.932. The van der Waals surface area contributed by atoms with Gasteiger partial charge < -0.3 is 19.5 Å². The lowest BCUT2D eigenvalue weighted by atomic mass is 10.0. The molecule has 180 valence electrons. The molecule has 10 nitrogen and oxygen atoms in total. The van der Waals surface area contributed by atoms with Crippen molar-refractivity contribution in [2.45, 2.75) is 26.5 Å². The molecule has 1 saturated heterocycles. The van der Waals surface area contributed by atoms with E-state index in [2.05, 4.69) is 25.7 Å². The Kier molecular flexibility index (Phi) is 7.84. The van der Waals surface area contributed by atoms with E-state index in [1.54, 1.807) is 17.9 Å². The SMILES string of the molecule is COCc1nnnn1-c1cc(OC(=O)NC(C)CN2CCOCC2)cc(-c2ccc(C)cc2)c1. The summed E-state index contributed by atoms with van der Waals surface area (Å²) in [6, 6.07) is 13.6. The second-order valence-corrected chi connectivity index (χ2v) is 8.37. The first-order valence-electron chi connectivity index (χ1n) is 11.3. The third kappa shape index (κ3) is 6.16. The van der Waals surface area contributed by atoms with Crippen LogP contribution in [0.2, 0.25) is 0 Å². The number of nitrogens with one attached hydrogen (secondary N) is 1. The lowest BCUT2D eigenvalue weighted by Crippen LogP contribution is -2.46. The highest BCUT2D eigenvalue weighted by atomic mass is 16.6. The first kappa shape index (κ1) is 23.8. The van der Waals surface area contributed by atoms with Crippen molar-refractivity contribution in [1.82, 2.24) is 30.4 Å². The molecule has 1 aromatic heterocycles. The van der Waals surface area contributed by atoms with Gasteiger partial charge in [-0.15, -0.1) is 5.10 Å². The number of carbonyl (C=O) groups is 1. The third-order valence-electron chi connectivity index (χ3n) is 5.54. The molecule has 1 fully saturated rings. The van der Waals surface area contributed by atoms with Gasteiger partial charge in [-0.2, -0.15) is 4.68 Å². The van der Waals surface area contributed by atoms with Crippen molar-refractivity contribution in [3.05, 3.63) is 53.9 Å². The van der Waals surface area contributed by atoms with Gasteiger partial charge in [0.2, 0.25) is 0 Å². The highest BCUT2D eigenvalue weighted by molar-refractivity contribution is 5.74. The summed E-state index contributed by atoms with van der Waals surface area (Å²) in [7, 11) is 1.58. The summed E-state index contributed by atoms with van der Waals surface area (Å²) in [5, 5.41) is 14.8. The molecule has 0 spiro atoms. The molecule has 34 heavy (non-hydrogen) atoms. The zero-order chi connectivity index (χ0) is 23.9. The van der Waals surface area contributed by atoms with Crippen LogP contribution in [0.15, 0.2) is 42.5 Å². The molecule has 10 heteroatoms. The Morgan fingerprint density at radius 1 is 1.15 bits per heavy atom. The summed E-state index contributed by atoms with van der Waals surface area (Å²) >= 11 is 0. The number of aryl methyl sites for hydroxylation is 1. The number of benzene rings is 2. The van der Waals surface area contributed by atoms with Crippen LogP contribution < -0.4 is 10.1 Å². The summed E-state index contributed by atoms with van der Waals surface area (Å²) in [5.41, 5.74) is 3.69. The van der Waals surface area contributed by atoms with Crippen LogP contribution in [0.25, 0.3) is 16.8 Å². The van der Waals surface area contributed by atoms with E-state index in [1.165, 1.54) is 0 Å². The highest BCUT2D eigenvalue weighted by Crippen LogP contribution is 2.28. The number of tetrazole rings is 1. The van der Waals surface area contributed by atoms with Crippen LogP contribution >= 0.6 is 0 Å². The smallest absolute Gasteiger partial charge is 0.410 e. The maximum atomic E-state index is 12.7. The van der Waals surface area contributed by atoms with Crippen molar-refractivity contribution in [2.75, 3.05) is 40.0 Å². The van der Waals surface area contributed by atoms with E-state index >= 15 is 0 Å². The number of amides is 1. The molecule has 0 radical (unpaired) electrons. The van der Waals surface area contributed by atoms with E-state index in [4.69, 9.17) is 14.2 Å². The molecule has 3 aromatic rings. The van der Waals surface area contributed by atoms with Gasteiger partial charge in [-0.25, -0.2) is 4.79 Å². The Hall–Kier alpha value is -3.34. The Labute approximate surface area is 198 Å². The van der Waals surface area contributed by atoms with Gasteiger partial charge in [-0.3, -0.25) is 4.90 Å². The van der Waals surface area contributed by atoms with Crippen LogP contribution in [-0.4, -0.2) is 77.2 Å². The molecule has 1 unspecified atom stereocenters. The molecule has 1 N–H and O–H groups in total. The predicted octanol–water partition coefficient (Wildman–Crippen LogP) is 2.59. The standard InChI is InChI=1S/C24H30N6O4/c1-17-4-6-19(7-5-17)20-12-21(30-23(16-32-3)26-27-28-30)14-22(13-20)34-24(31)25-18(2)15-29-8-10-33-11-9-29/h4-7,12-14,18H,8-11,15-16H2,1-3H3,(H,25,31). The summed E-state index contributed by atoms with van der Waals surface area (Å²) in [6.45, 7) is 8.13. The third-order valence-corrected chi connectivity index (χ3v) is 5.54. The molecule has 1 aliphatic rings. The Bertz CT molecular complexity index is 1100. The van der Waals surface area contributed by atoms with Crippen LogP contribution in [0.3, 0.4) is 0 Å². The zero-order valence-corrected chi connectivity index (χ0v) is 19.7. The summed E-state index contributed by atoms with van der Waals surface area (Å²) < 4.78 is 17.9. The number of methoxy groups -OCH3 is 1. The maximum absolute atomic E-state index is 12.7. The van der Waals surface area contributed by atoms with Crippen molar-refractivity contribution >= 4 is 6.09 Å². The number of rotatable bonds is 8. The van der Waals surface area contributed by atoms with Gasteiger partial charge in [0, 0.05) is 38.9 Å². The topological polar surface area (TPSA) is 104 Å². The van der Waals surface area contributed by atoms with Gasteiger partial charge in [0.05, 0.1) is 18.9 Å². The number of carbonyl (C=O) groups excluding carboxylic acids is 1. The molecular weight excluding hydrogens is 436 g/mol. The lowest BCUT2D eigenvalue weighted by molar-refractivity contribution is 0.0346. The summed E-state index contributed by atoms with van der Waals surface area (Å²) in [6.07, 6.45) is -0.512. The van der Waals surface area contributed by atoms with Gasteiger partial charge in [0.25, 0.3) is 0 Å². The monoisotopic (exact) mass is 466 g/mol. The molecule has 2 aromatic carbocycles. The van der Waals surface area contributed by atoms with Gasteiger partial charge in [0.15, 0.2) is 5.82 Å². The molecule has 0 bridgehead atoms. The minimum Gasteiger partial charge on any atom is -0.410 e. The zero-order valence-electron chi connectivity index (χ0n) is 19.7. The van der Waals surface area contributed by atoms with Gasteiger partial charge >= 0.3 is 6.09 Å². The van der Waals surface area contributed by atoms with Crippen LogP contribution in [0.5, 0.6) is 5.75 Å². The van der Waals surface area contributed by atoms with E-state index in [-0.39, 0.29) is 12.6 Å². The van der Waals surface area contributed by atoms with Crippen LogP contribution in [0.4, 0.5) is 4.79 Å². The molecule has 4 rings (SSSR count). The van der Waals surface area contributed by atoms with Gasteiger partial charge in [-0.1, -0.05) is 29.8 Å². The number of hydrogen-bond acceptors (Lipinski definition) is 8. The molecular formula is C24H30N6O4. The molecule has 2 heterocycles. The maximum Gasteiger partial charge on any atom is 0.412 e. The first-order valence-corrected chi connectivity index (χ1v) is 11.3. The second-order valence-electron chi connectivity index (χ2n) is 8.37. The van der Waals surface area contributed by atoms with E-state index in [0.717, 1.165) is 36.3 Å². The van der Waals surface area contributed by atoms with Crippen molar-refractivity contribution in [3.63, 3.8) is 0 Å². The number of nitrogens with zero attached hydrogens (tertiary/aromatic N) is 5. The van der Waals surface area contributed by atoms with E-state index in [1.807, 2.05) is 50.2 Å². The van der Waals surface area contributed by atoms with Gasteiger partial charge in [0.1, 0.15) is 12.4 Å². The van der Waals surface area contributed by atoms with Crippen molar-refractivity contribution in [3.8, 4) is 22.6 Å². The second kappa shape index (κ2) is 11.2. The van der Waals surface area contributed by atoms with E-state index < -0.39 is 6.09 Å². The molecule has 1 amide bonds.